The van der Waals surface area contributed by atoms with E-state index in [4.69, 9.17) is 39.2 Å². The van der Waals surface area contributed by atoms with Gasteiger partial charge in [0, 0.05) is 64.7 Å². The highest BCUT2D eigenvalue weighted by Gasteiger charge is 2.38. The van der Waals surface area contributed by atoms with Gasteiger partial charge in [0.15, 0.2) is 17.9 Å². The van der Waals surface area contributed by atoms with Crippen LogP contribution >= 0.6 is 0 Å². The predicted molar refractivity (Wildman–Crippen MR) is 321 cm³/mol. The first-order valence-electron chi connectivity index (χ1n) is 28.7. The fourth-order valence-corrected chi connectivity index (χ4v) is 8.89. The maximum atomic E-state index is 14.1. The number of hydrogen-bond acceptors (Lipinski definition) is 19. The SMILES string of the molecule is CC(C)C[C@H](NC(=O)CNC(=O)[C@H](CC(C)C)NC(=O)[C@@H]1CCCN1C(=O)[C@H](N)CCCNC(=N)N)C(=O)N[C@@H](CNc1ccc([N+](=O)[O-])cc1[N+](=O)[O-])C(=O)NCCC(=O)N[C@H](CCCNC(=N)N)C(=O)NCCC(=O)N[C@@H]([C]=O)CCCNC(=N)N. The van der Waals surface area contributed by atoms with Gasteiger partial charge in [0.1, 0.15) is 35.9 Å². The zero-order valence-electron chi connectivity index (χ0n) is 49.9. The molecule has 0 bridgehead atoms. The molecule has 489 valence electrons. The number of nitro groups is 2. The Morgan fingerprint density at radius 1 is 0.625 bits per heavy atom. The Kier molecular flexibility index (Phi) is 33.3. The molecule has 1 aliphatic heterocycles. The molecule has 1 fully saturated rings. The van der Waals surface area contributed by atoms with Gasteiger partial charge in [-0.2, -0.15) is 0 Å². The van der Waals surface area contributed by atoms with Gasteiger partial charge in [0.25, 0.3) is 11.4 Å². The number of nitro benzene ring substituents is 2. The molecule has 1 radical (unpaired) electrons. The van der Waals surface area contributed by atoms with Crippen LogP contribution in [0.3, 0.4) is 0 Å². The molecule has 1 aliphatic rings. The molecule has 7 atom stereocenters. The van der Waals surface area contributed by atoms with Crippen molar-refractivity contribution in [3.63, 3.8) is 0 Å². The van der Waals surface area contributed by atoms with E-state index < -0.39 is 143 Å². The van der Waals surface area contributed by atoms with Crippen molar-refractivity contribution in [1.82, 2.24) is 63.4 Å². The summed E-state index contributed by atoms with van der Waals surface area (Å²) < 4.78 is 0. The minimum atomic E-state index is -1.64. The van der Waals surface area contributed by atoms with Crippen molar-refractivity contribution >= 4 is 94.4 Å². The molecular formula is C52H87N22O14. The van der Waals surface area contributed by atoms with Crippen LogP contribution in [0.15, 0.2) is 18.2 Å². The van der Waals surface area contributed by atoms with Gasteiger partial charge in [-0.05, 0) is 82.1 Å². The summed E-state index contributed by atoms with van der Waals surface area (Å²) in [6.07, 6.45) is 3.34. The number of anilines is 1. The van der Waals surface area contributed by atoms with Crippen LogP contribution < -0.4 is 86.7 Å². The number of nitrogens with zero attached hydrogens (tertiary/aromatic N) is 3. The van der Waals surface area contributed by atoms with E-state index in [1.54, 1.807) is 34.0 Å². The minimum absolute atomic E-state index is 0.00418. The first kappa shape index (κ1) is 74.6. The van der Waals surface area contributed by atoms with Crippen molar-refractivity contribution in [2.75, 3.05) is 57.7 Å². The summed E-state index contributed by atoms with van der Waals surface area (Å²) in [4.78, 5) is 156. The predicted octanol–water partition coefficient (Wildman–Crippen LogP) is -4.22. The topological polar surface area (TPSA) is 580 Å². The van der Waals surface area contributed by atoms with Crippen molar-refractivity contribution in [2.45, 2.75) is 147 Å². The van der Waals surface area contributed by atoms with Crippen LogP contribution in [0.4, 0.5) is 17.1 Å². The maximum absolute atomic E-state index is 14.1. The summed E-state index contributed by atoms with van der Waals surface area (Å²) in [5.41, 5.74) is 20.4. The zero-order valence-corrected chi connectivity index (χ0v) is 49.9. The smallest absolute Gasteiger partial charge is 0.299 e. The van der Waals surface area contributed by atoms with Gasteiger partial charge in [-0.3, -0.25) is 84.4 Å². The molecule has 0 aromatic heterocycles. The molecule has 0 spiro atoms. The Balaban J connectivity index is 2.25. The van der Waals surface area contributed by atoms with E-state index in [2.05, 4.69) is 63.8 Å². The van der Waals surface area contributed by atoms with E-state index in [9.17, 15) is 68.2 Å². The van der Waals surface area contributed by atoms with Crippen LogP contribution in [-0.2, 0) is 47.9 Å². The number of likely N-dealkylation sites (tertiary alicyclic amines) is 1. The third kappa shape index (κ3) is 29.1. The second kappa shape index (κ2) is 39.2. The first-order valence-corrected chi connectivity index (χ1v) is 28.7. The highest BCUT2D eigenvalue weighted by atomic mass is 16.6. The lowest BCUT2D eigenvalue weighted by Crippen LogP contribution is -2.58. The fourth-order valence-electron chi connectivity index (χ4n) is 8.89. The molecule has 0 aliphatic carbocycles. The van der Waals surface area contributed by atoms with E-state index in [0.717, 1.165) is 12.1 Å². The average molecular weight is 1240 g/mol. The number of hydrogen-bond donors (Lipinski definition) is 19. The lowest BCUT2D eigenvalue weighted by Gasteiger charge is -2.29. The third-order valence-corrected chi connectivity index (χ3v) is 13.2. The Morgan fingerprint density at radius 3 is 1.67 bits per heavy atom. The number of benzene rings is 1. The van der Waals surface area contributed by atoms with Gasteiger partial charge in [0.2, 0.25) is 59.5 Å². The van der Waals surface area contributed by atoms with Gasteiger partial charge >= 0.3 is 0 Å². The third-order valence-electron chi connectivity index (χ3n) is 13.2. The number of nitrogens with one attached hydrogen (secondary N) is 15. The second-order valence-corrected chi connectivity index (χ2v) is 21.5. The second-order valence-electron chi connectivity index (χ2n) is 21.5. The molecular weight excluding hydrogens is 1160 g/mol. The number of carbonyl (C=O) groups excluding carboxylic acids is 10. The van der Waals surface area contributed by atoms with Crippen LogP contribution in [0.2, 0.25) is 0 Å². The number of rotatable bonds is 41. The number of non-ortho nitro benzene ring substituents is 1. The van der Waals surface area contributed by atoms with Gasteiger partial charge < -0.3 is 91.6 Å². The van der Waals surface area contributed by atoms with Crippen molar-refractivity contribution in [2.24, 2.45) is 34.8 Å². The molecule has 23 N–H and O–H groups in total. The number of nitrogens with two attached hydrogens (primary N) is 4. The van der Waals surface area contributed by atoms with Gasteiger partial charge in [0.05, 0.1) is 34.5 Å². The molecule has 2 rings (SSSR count). The van der Waals surface area contributed by atoms with Crippen molar-refractivity contribution in [1.29, 1.82) is 16.2 Å². The van der Waals surface area contributed by atoms with Gasteiger partial charge in [-0.15, -0.1) is 0 Å². The standard InChI is InChI=1S/C52H87N22O14/c1-29(2)23-36(70-48(83)39-12-8-22-72(39)49(84)33(53)10-6-18-63-51(56)57)45(80)66-27-43(78)69-37(24-30(3)4)47(82)71-38(26-65-34-14-13-32(73(85)86)25-40(34)74(87)88)46(81)61-21-16-42(77)68-35(11-7-19-64-52(58)59)44(79)60-20-15-41(76)67-31(28-75)9-5-17-62-50(54)55/h13-14,25,29-31,33,35-39,65H,5-12,15-24,26-27,53H2,1-4H3,(H,60,79)(H,61,81)(H,66,80)(H,67,76)(H,68,77)(H,69,78)(H,70,83)(H,71,82)(H4,54,55,62)(H4,56,57,63)(H4,58,59,64)/t31-,33-,35-,36+,37+,38+,39+/m1/s1. The first-order chi connectivity index (χ1) is 41.5. The molecule has 9 amide bonds. The lowest BCUT2D eigenvalue weighted by atomic mass is 10.0. The number of amides is 9. The average Bonchev–Trinajstić information content (AvgIpc) is 3.61. The van der Waals surface area contributed by atoms with Crippen molar-refractivity contribution in [3.05, 3.63) is 38.4 Å². The number of guanidine groups is 3. The van der Waals surface area contributed by atoms with E-state index in [1.807, 2.05) is 0 Å². The van der Waals surface area contributed by atoms with E-state index in [1.165, 1.54) is 4.90 Å². The molecule has 36 heteroatoms. The highest BCUT2D eigenvalue weighted by Crippen LogP contribution is 2.29. The summed E-state index contributed by atoms with van der Waals surface area (Å²) in [7, 11) is 0. The summed E-state index contributed by atoms with van der Waals surface area (Å²) in [6, 6.07) is -5.56. The van der Waals surface area contributed by atoms with Crippen LogP contribution in [0.1, 0.15) is 105 Å². The van der Waals surface area contributed by atoms with Gasteiger partial charge in [-0.25, -0.2) is 0 Å². The van der Waals surface area contributed by atoms with Crippen LogP contribution in [0, 0.1) is 48.3 Å². The largest absolute Gasteiger partial charge is 0.377 e. The molecule has 0 unspecified atom stereocenters. The summed E-state index contributed by atoms with van der Waals surface area (Å²) >= 11 is 0. The highest BCUT2D eigenvalue weighted by molar-refractivity contribution is 5.96. The molecule has 88 heavy (non-hydrogen) atoms. The Hall–Kier alpha value is -9.51. The summed E-state index contributed by atoms with van der Waals surface area (Å²) in [5.74, 6) is -7.89. The van der Waals surface area contributed by atoms with E-state index in [-0.39, 0.29) is 107 Å². The Labute approximate surface area is 508 Å². The molecule has 1 aromatic carbocycles. The molecule has 0 saturated carbocycles. The van der Waals surface area contributed by atoms with E-state index >= 15 is 0 Å². The Morgan fingerprint density at radius 2 is 1.14 bits per heavy atom. The van der Waals surface area contributed by atoms with Gasteiger partial charge in [-0.1, -0.05) is 27.7 Å². The van der Waals surface area contributed by atoms with E-state index in [0.29, 0.717) is 38.3 Å². The minimum Gasteiger partial charge on any atom is -0.377 e. The number of carbonyl (C=O) groups is 9. The van der Waals surface area contributed by atoms with Crippen molar-refractivity contribution in [3.8, 4) is 0 Å². The monoisotopic (exact) mass is 1240 g/mol. The molecule has 1 aromatic rings. The fraction of sp³-hybridized carbons (Fsp3) is 0.635. The quantitative estimate of drug-likeness (QED) is 0.00971. The van der Waals surface area contributed by atoms with Crippen LogP contribution in [0.5, 0.6) is 0 Å². The normalized spacial score (nSPS) is 14.6. The molecule has 36 nitrogen and oxygen atoms in total. The van der Waals surface area contributed by atoms with Crippen LogP contribution in [0.25, 0.3) is 0 Å². The van der Waals surface area contributed by atoms with Crippen molar-refractivity contribution < 1.29 is 57.8 Å². The lowest BCUT2D eigenvalue weighted by molar-refractivity contribution is -0.393. The zero-order chi connectivity index (χ0) is 66.0. The summed E-state index contributed by atoms with van der Waals surface area (Å²) in [5, 5.41) is 76.1. The molecule has 1 heterocycles. The summed E-state index contributed by atoms with van der Waals surface area (Å²) in [6.45, 7) is 6.10. The molecule has 1 saturated heterocycles. The maximum Gasteiger partial charge on any atom is 0.299 e. The van der Waals surface area contributed by atoms with Crippen LogP contribution in [-0.4, -0.2) is 187 Å². The Bertz CT molecular complexity index is 2630.